The standard InChI is InChI=1S/C14H26N2/c15-14(6-1-2-7-14)8-9-16-10-12-4-3-5-13(12)11-16/h12-13H,1-11,15H2. The molecule has 2 aliphatic carbocycles. The van der Waals surface area contributed by atoms with Gasteiger partial charge < -0.3 is 10.6 Å². The van der Waals surface area contributed by atoms with Crippen LogP contribution in [0.15, 0.2) is 0 Å². The van der Waals surface area contributed by atoms with E-state index in [0.29, 0.717) is 0 Å². The van der Waals surface area contributed by atoms with E-state index in [0.717, 1.165) is 11.8 Å². The van der Waals surface area contributed by atoms with Crippen molar-refractivity contribution in [1.29, 1.82) is 0 Å². The van der Waals surface area contributed by atoms with E-state index in [2.05, 4.69) is 4.90 Å². The Hall–Kier alpha value is -0.0800. The Kier molecular flexibility index (Phi) is 2.97. The van der Waals surface area contributed by atoms with Crippen molar-refractivity contribution < 1.29 is 0 Å². The van der Waals surface area contributed by atoms with E-state index < -0.39 is 0 Å². The summed E-state index contributed by atoms with van der Waals surface area (Å²) in [5.41, 5.74) is 6.63. The van der Waals surface area contributed by atoms with Gasteiger partial charge in [0.1, 0.15) is 0 Å². The molecule has 2 heteroatoms. The van der Waals surface area contributed by atoms with Gasteiger partial charge in [-0.2, -0.15) is 0 Å². The molecule has 3 fully saturated rings. The third-order valence-corrected chi connectivity index (χ3v) is 5.33. The fourth-order valence-corrected chi connectivity index (χ4v) is 4.22. The number of hydrogen-bond acceptors (Lipinski definition) is 2. The van der Waals surface area contributed by atoms with Gasteiger partial charge in [-0.15, -0.1) is 0 Å². The van der Waals surface area contributed by atoms with Crippen LogP contribution in [0.25, 0.3) is 0 Å². The van der Waals surface area contributed by atoms with E-state index in [1.165, 1.54) is 71.0 Å². The van der Waals surface area contributed by atoms with Crippen LogP contribution < -0.4 is 5.73 Å². The third-order valence-electron chi connectivity index (χ3n) is 5.33. The van der Waals surface area contributed by atoms with Gasteiger partial charge in [-0.25, -0.2) is 0 Å². The smallest absolute Gasteiger partial charge is 0.0166 e. The van der Waals surface area contributed by atoms with E-state index in [-0.39, 0.29) is 5.54 Å². The summed E-state index contributed by atoms with van der Waals surface area (Å²) in [4.78, 5) is 2.70. The molecule has 1 saturated heterocycles. The van der Waals surface area contributed by atoms with Crippen LogP contribution in [0, 0.1) is 11.8 Å². The number of nitrogens with two attached hydrogens (primary N) is 1. The SMILES string of the molecule is NC1(CCN2CC3CCCC3C2)CCCC1. The van der Waals surface area contributed by atoms with Gasteiger partial charge in [0, 0.05) is 18.6 Å². The van der Waals surface area contributed by atoms with Crippen LogP contribution in [0.1, 0.15) is 51.4 Å². The average Bonchev–Trinajstić information content (AvgIpc) is 2.89. The summed E-state index contributed by atoms with van der Waals surface area (Å²) in [5.74, 6) is 2.08. The van der Waals surface area contributed by atoms with Crippen LogP contribution in [-0.4, -0.2) is 30.1 Å². The van der Waals surface area contributed by atoms with Crippen molar-refractivity contribution >= 4 is 0 Å². The van der Waals surface area contributed by atoms with E-state index in [1.807, 2.05) is 0 Å². The quantitative estimate of drug-likeness (QED) is 0.794. The number of nitrogens with zero attached hydrogens (tertiary/aromatic N) is 1. The Morgan fingerprint density at radius 1 is 1.00 bits per heavy atom. The van der Waals surface area contributed by atoms with Crippen molar-refractivity contribution in [3.05, 3.63) is 0 Å². The number of hydrogen-bond donors (Lipinski definition) is 1. The molecule has 1 heterocycles. The Labute approximate surface area is 99.6 Å². The van der Waals surface area contributed by atoms with E-state index in [9.17, 15) is 0 Å². The van der Waals surface area contributed by atoms with Crippen LogP contribution >= 0.6 is 0 Å². The molecule has 0 spiro atoms. The maximum Gasteiger partial charge on any atom is 0.0166 e. The summed E-state index contributed by atoms with van der Waals surface area (Å²) in [7, 11) is 0. The predicted octanol–water partition coefficient (Wildman–Crippen LogP) is 2.38. The molecule has 3 rings (SSSR count). The van der Waals surface area contributed by atoms with E-state index in [1.54, 1.807) is 0 Å². The first kappa shape index (κ1) is 11.0. The Morgan fingerprint density at radius 3 is 2.25 bits per heavy atom. The van der Waals surface area contributed by atoms with E-state index >= 15 is 0 Å². The Bertz CT molecular complexity index is 233. The summed E-state index contributed by atoms with van der Waals surface area (Å²) >= 11 is 0. The first-order valence-corrected chi connectivity index (χ1v) is 7.26. The summed E-state index contributed by atoms with van der Waals surface area (Å²) in [5, 5.41) is 0. The molecule has 2 unspecified atom stereocenters. The van der Waals surface area contributed by atoms with Crippen molar-refractivity contribution in [3.8, 4) is 0 Å². The third kappa shape index (κ3) is 2.14. The van der Waals surface area contributed by atoms with Crippen molar-refractivity contribution in [3.63, 3.8) is 0 Å². The average molecular weight is 222 g/mol. The lowest BCUT2D eigenvalue weighted by molar-refractivity contribution is 0.265. The van der Waals surface area contributed by atoms with Gasteiger partial charge in [0.15, 0.2) is 0 Å². The fourth-order valence-electron chi connectivity index (χ4n) is 4.22. The Morgan fingerprint density at radius 2 is 1.62 bits per heavy atom. The highest BCUT2D eigenvalue weighted by Crippen LogP contribution is 2.38. The number of rotatable bonds is 3. The molecule has 2 nitrogen and oxygen atoms in total. The van der Waals surface area contributed by atoms with Gasteiger partial charge in [0.25, 0.3) is 0 Å². The minimum Gasteiger partial charge on any atom is -0.325 e. The van der Waals surface area contributed by atoms with Crippen LogP contribution in [-0.2, 0) is 0 Å². The van der Waals surface area contributed by atoms with Gasteiger partial charge in [0.2, 0.25) is 0 Å². The lowest BCUT2D eigenvalue weighted by Crippen LogP contribution is -2.40. The zero-order valence-corrected chi connectivity index (χ0v) is 10.5. The van der Waals surface area contributed by atoms with Gasteiger partial charge in [0.05, 0.1) is 0 Å². The van der Waals surface area contributed by atoms with Crippen LogP contribution in [0.3, 0.4) is 0 Å². The van der Waals surface area contributed by atoms with Crippen LogP contribution in [0.2, 0.25) is 0 Å². The van der Waals surface area contributed by atoms with Crippen molar-refractivity contribution in [2.24, 2.45) is 17.6 Å². The molecular weight excluding hydrogens is 196 g/mol. The molecular formula is C14H26N2. The monoisotopic (exact) mass is 222 g/mol. The minimum absolute atomic E-state index is 0.206. The van der Waals surface area contributed by atoms with Crippen molar-refractivity contribution in [2.45, 2.75) is 56.9 Å². The molecule has 0 aromatic rings. The predicted molar refractivity (Wildman–Crippen MR) is 67.3 cm³/mol. The second kappa shape index (κ2) is 4.30. The van der Waals surface area contributed by atoms with Gasteiger partial charge >= 0.3 is 0 Å². The second-order valence-corrected chi connectivity index (χ2v) is 6.53. The highest BCUT2D eigenvalue weighted by Gasteiger charge is 2.37. The Balaban J connectivity index is 1.46. The summed E-state index contributed by atoms with van der Waals surface area (Å²) < 4.78 is 0. The molecule has 1 aliphatic heterocycles. The normalized spacial score (nSPS) is 38.1. The maximum absolute atomic E-state index is 6.43. The largest absolute Gasteiger partial charge is 0.325 e. The topological polar surface area (TPSA) is 29.3 Å². The molecule has 0 aromatic carbocycles. The van der Waals surface area contributed by atoms with E-state index in [4.69, 9.17) is 5.73 Å². The fraction of sp³-hybridized carbons (Fsp3) is 1.00. The van der Waals surface area contributed by atoms with Crippen LogP contribution in [0.5, 0.6) is 0 Å². The number of fused-ring (bicyclic) bond motifs is 1. The number of likely N-dealkylation sites (tertiary alicyclic amines) is 1. The molecule has 0 aromatic heterocycles. The van der Waals surface area contributed by atoms with Gasteiger partial charge in [-0.3, -0.25) is 0 Å². The summed E-state index contributed by atoms with van der Waals surface area (Å²) in [6.45, 7) is 4.02. The molecule has 92 valence electrons. The molecule has 16 heavy (non-hydrogen) atoms. The summed E-state index contributed by atoms with van der Waals surface area (Å²) in [6.07, 6.45) is 11.0. The lowest BCUT2D eigenvalue weighted by Gasteiger charge is -2.27. The molecule has 0 amide bonds. The highest BCUT2D eigenvalue weighted by molar-refractivity contribution is 4.93. The van der Waals surface area contributed by atoms with Crippen molar-refractivity contribution in [2.75, 3.05) is 19.6 Å². The first-order chi connectivity index (χ1) is 7.75. The minimum atomic E-state index is 0.206. The molecule has 2 N–H and O–H groups in total. The zero-order chi connectivity index (χ0) is 11.0. The molecule has 0 bridgehead atoms. The van der Waals surface area contributed by atoms with Crippen molar-refractivity contribution in [1.82, 2.24) is 4.90 Å². The summed E-state index contributed by atoms with van der Waals surface area (Å²) in [6, 6.07) is 0. The molecule has 3 aliphatic rings. The molecule has 2 saturated carbocycles. The maximum atomic E-state index is 6.43. The zero-order valence-electron chi connectivity index (χ0n) is 10.5. The van der Waals surface area contributed by atoms with Gasteiger partial charge in [-0.05, 0) is 50.5 Å². The molecule has 2 atom stereocenters. The lowest BCUT2D eigenvalue weighted by atomic mass is 9.94. The van der Waals surface area contributed by atoms with Crippen LogP contribution in [0.4, 0.5) is 0 Å². The highest BCUT2D eigenvalue weighted by atomic mass is 15.2. The second-order valence-electron chi connectivity index (χ2n) is 6.53. The molecule has 0 radical (unpaired) electrons. The first-order valence-electron chi connectivity index (χ1n) is 7.26. The van der Waals surface area contributed by atoms with Gasteiger partial charge in [-0.1, -0.05) is 19.3 Å².